The average molecular weight is 381 g/mol. The van der Waals surface area contributed by atoms with Crippen molar-refractivity contribution in [1.82, 2.24) is 5.32 Å². The molecule has 0 fully saturated rings. The zero-order valence-corrected chi connectivity index (χ0v) is 14.1. The van der Waals surface area contributed by atoms with Gasteiger partial charge in [0.2, 0.25) is 0 Å². The van der Waals surface area contributed by atoms with Crippen molar-refractivity contribution in [3.05, 3.63) is 58.3 Å². The zero-order valence-electron chi connectivity index (χ0n) is 12.5. The number of halogens is 2. The van der Waals surface area contributed by atoms with E-state index < -0.39 is 11.7 Å². The van der Waals surface area contributed by atoms with Crippen LogP contribution in [0.2, 0.25) is 0 Å². The van der Waals surface area contributed by atoms with Gasteiger partial charge < -0.3 is 14.9 Å². The molecule has 0 heterocycles. The summed E-state index contributed by atoms with van der Waals surface area (Å²) in [7, 11) is 2.84. The van der Waals surface area contributed by atoms with Gasteiger partial charge in [-0.05, 0) is 46.3 Å². The Morgan fingerprint density at radius 3 is 2.65 bits per heavy atom. The average Bonchev–Trinajstić information content (AvgIpc) is 2.56. The van der Waals surface area contributed by atoms with E-state index in [0.717, 1.165) is 0 Å². The molecule has 5 nitrogen and oxygen atoms in total. The molecule has 0 radical (unpaired) electrons. The molecule has 2 aromatic rings. The van der Waals surface area contributed by atoms with Crippen LogP contribution in [-0.4, -0.2) is 25.8 Å². The minimum absolute atomic E-state index is 0.0757. The van der Waals surface area contributed by atoms with E-state index in [9.17, 15) is 9.18 Å². The summed E-state index contributed by atoms with van der Waals surface area (Å²) in [5.41, 5.74) is 0.529. The number of benzene rings is 2. The number of nitrogens with one attached hydrogen (secondary N) is 1. The molecule has 0 saturated heterocycles. The van der Waals surface area contributed by atoms with E-state index in [0.29, 0.717) is 17.1 Å². The smallest absolute Gasteiger partial charge is 0.273 e. The number of ether oxygens (including phenoxy) is 1. The molecule has 0 unspecified atom stereocenters. The summed E-state index contributed by atoms with van der Waals surface area (Å²) in [5, 5.41) is 6.25. The van der Waals surface area contributed by atoms with Gasteiger partial charge in [-0.3, -0.25) is 4.79 Å². The summed E-state index contributed by atoms with van der Waals surface area (Å²) < 4.78 is 19.3. The maximum absolute atomic E-state index is 13.3. The predicted molar refractivity (Wildman–Crippen MR) is 88.2 cm³/mol. The highest BCUT2D eigenvalue weighted by atomic mass is 79.9. The number of carbonyl (C=O) groups is 1. The summed E-state index contributed by atoms with van der Waals surface area (Å²) in [5.74, 6) is 0.00521. The largest absolute Gasteiger partial charge is 0.457 e. The predicted octanol–water partition coefficient (Wildman–Crippen LogP) is 3.48. The molecule has 0 aliphatic rings. The number of hydrogen-bond donors (Lipinski definition) is 1. The van der Waals surface area contributed by atoms with Gasteiger partial charge in [0, 0.05) is 7.05 Å². The van der Waals surface area contributed by atoms with Crippen molar-refractivity contribution in [3.8, 4) is 11.5 Å². The van der Waals surface area contributed by atoms with E-state index in [2.05, 4.69) is 26.4 Å². The summed E-state index contributed by atoms with van der Waals surface area (Å²) >= 11 is 3.10. The summed E-state index contributed by atoms with van der Waals surface area (Å²) in [6.07, 6.45) is 0. The standard InChI is InChI=1S/C16H14BrFN2O3/c1-19-16(21)15(20-22-2)11-5-3-4-6-14(11)23-10-7-8-13(18)12(17)9-10/h3-9H,1-2H3,(H,19,21)/b20-15+. The highest BCUT2D eigenvalue weighted by molar-refractivity contribution is 9.10. The van der Waals surface area contributed by atoms with Crippen LogP contribution in [0.15, 0.2) is 52.1 Å². The molecule has 0 saturated carbocycles. The fraction of sp³-hybridized carbons (Fsp3) is 0.125. The third kappa shape index (κ3) is 4.07. The molecule has 23 heavy (non-hydrogen) atoms. The molecule has 2 aromatic carbocycles. The molecule has 0 aromatic heterocycles. The van der Waals surface area contributed by atoms with E-state index in [1.165, 1.54) is 32.4 Å². The maximum Gasteiger partial charge on any atom is 0.273 e. The second-order valence-corrected chi connectivity index (χ2v) is 5.23. The van der Waals surface area contributed by atoms with Crippen LogP contribution >= 0.6 is 15.9 Å². The SMILES string of the molecule is CNC(=O)/C(=N/OC)c1ccccc1Oc1ccc(F)c(Br)c1. The Morgan fingerprint density at radius 1 is 1.26 bits per heavy atom. The Bertz CT molecular complexity index is 750. The molecular weight excluding hydrogens is 367 g/mol. The topological polar surface area (TPSA) is 59.9 Å². The van der Waals surface area contributed by atoms with Gasteiger partial charge in [-0.2, -0.15) is 0 Å². The Kier molecular flexibility index (Phi) is 5.70. The first-order chi connectivity index (χ1) is 11.1. The lowest BCUT2D eigenvalue weighted by atomic mass is 10.1. The fourth-order valence-electron chi connectivity index (χ4n) is 1.84. The number of nitrogens with zero attached hydrogens (tertiary/aromatic N) is 1. The lowest BCUT2D eigenvalue weighted by Gasteiger charge is -2.12. The van der Waals surface area contributed by atoms with Crippen LogP contribution in [0.1, 0.15) is 5.56 Å². The lowest BCUT2D eigenvalue weighted by Crippen LogP contribution is -2.28. The first-order valence-corrected chi connectivity index (χ1v) is 7.41. The molecule has 0 aliphatic carbocycles. The number of para-hydroxylation sites is 1. The van der Waals surface area contributed by atoms with Crippen LogP contribution in [-0.2, 0) is 9.63 Å². The van der Waals surface area contributed by atoms with E-state index in [1.54, 1.807) is 24.3 Å². The van der Waals surface area contributed by atoms with Crippen LogP contribution < -0.4 is 10.1 Å². The third-order valence-electron chi connectivity index (χ3n) is 2.89. The number of amides is 1. The molecule has 0 atom stereocenters. The van der Waals surface area contributed by atoms with E-state index in [1.807, 2.05) is 0 Å². The van der Waals surface area contributed by atoms with Crippen molar-refractivity contribution in [2.24, 2.45) is 5.16 Å². The first-order valence-electron chi connectivity index (χ1n) is 6.62. The Labute approximate surface area is 141 Å². The van der Waals surface area contributed by atoms with Crippen LogP contribution in [0, 0.1) is 5.82 Å². The van der Waals surface area contributed by atoms with Crippen LogP contribution in [0.4, 0.5) is 4.39 Å². The molecule has 1 N–H and O–H groups in total. The number of carbonyl (C=O) groups excluding carboxylic acids is 1. The highest BCUT2D eigenvalue weighted by Crippen LogP contribution is 2.29. The van der Waals surface area contributed by atoms with Gasteiger partial charge in [0.25, 0.3) is 5.91 Å². The van der Waals surface area contributed by atoms with Crippen molar-refractivity contribution in [2.75, 3.05) is 14.2 Å². The molecule has 1 amide bonds. The summed E-state index contributed by atoms with van der Waals surface area (Å²) in [6.45, 7) is 0. The molecule has 120 valence electrons. The Hall–Kier alpha value is -2.41. The minimum Gasteiger partial charge on any atom is -0.457 e. The highest BCUT2D eigenvalue weighted by Gasteiger charge is 2.18. The third-order valence-corrected chi connectivity index (χ3v) is 3.49. The van der Waals surface area contributed by atoms with Gasteiger partial charge in [0.05, 0.1) is 10.0 Å². The van der Waals surface area contributed by atoms with Gasteiger partial charge in [-0.25, -0.2) is 4.39 Å². The quantitative estimate of drug-likeness (QED) is 0.637. The molecule has 2 rings (SSSR count). The fourth-order valence-corrected chi connectivity index (χ4v) is 2.20. The van der Waals surface area contributed by atoms with Crippen molar-refractivity contribution in [3.63, 3.8) is 0 Å². The summed E-state index contributed by atoms with van der Waals surface area (Å²) in [4.78, 5) is 16.7. The van der Waals surface area contributed by atoms with Crippen LogP contribution in [0.3, 0.4) is 0 Å². The van der Waals surface area contributed by atoms with Crippen molar-refractivity contribution in [1.29, 1.82) is 0 Å². The molecule has 7 heteroatoms. The van der Waals surface area contributed by atoms with Crippen molar-refractivity contribution >= 4 is 27.5 Å². The molecule has 0 aliphatic heterocycles. The number of oxime groups is 1. The number of hydrogen-bond acceptors (Lipinski definition) is 4. The maximum atomic E-state index is 13.3. The molecule has 0 spiro atoms. The molecular formula is C16H14BrFN2O3. The second-order valence-electron chi connectivity index (χ2n) is 4.38. The number of likely N-dealkylation sites (N-methyl/N-ethyl adjacent to an activating group) is 1. The second kappa shape index (κ2) is 7.73. The van der Waals surface area contributed by atoms with Gasteiger partial charge in [-0.15, -0.1) is 0 Å². The van der Waals surface area contributed by atoms with E-state index >= 15 is 0 Å². The van der Waals surface area contributed by atoms with E-state index in [4.69, 9.17) is 9.57 Å². The normalized spacial score (nSPS) is 11.0. The Balaban J connectivity index is 2.42. The van der Waals surface area contributed by atoms with E-state index in [-0.39, 0.29) is 10.2 Å². The zero-order chi connectivity index (χ0) is 16.8. The van der Waals surface area contributed by atoms with Crippen molar-refractivity contribution in [2.45, 2.75) is 0 Å². The van der Waals surface area contributed by atoms with Gasteiger partial charge in [0.1, 0.15) is 24.4 Å². The van der Waals surface area contributed by atoms with Gasteiger partial charge in [0.15, 0.2) is 5.71 Å². The minimum atomic E-state index is -0.414. The monoisotopic (exact) mass is 380 g/mol. The number of rotatable bonds is 5. The lowest BCUT2D eigenvalue weighted by molar-refractivity contribution is -0.114. The Morgan fingerprint density at radius 2 is 2.00 bits per heavy atom. The first kappa shape index (κ1) is 17.0. The van der Waals surface area contributed by atoms with Crippen LogP contribution in [0.25, 0.3) is 0 Å². The van der Waals surface area contributed by atoms with Crippen molar-refractivity contribution < 1.29 is 18.8 Å². The summed E-state index contributed by atoms with van der Waals surface area (Å²) in [6, 6.07) is 11.1. The van der Waals surface area contributed by atoms with Gasteiger partial charge >= 0.3 is 0 Å². The van der Waals surface area contributed by atoms with Crippen LogP contribution in [0.5, 0.6) is 11.5 Å². The molecule has 0 bridgehead atoms. The van der Waals surface area contributed by atoms with Gasteiger partial charge in [-0.1, -0.05) is 17.3 Å².